The van der Waals surface area contributed by atoms with Crippen molar-refractivity contribution >= 4 is 46.0 Å². The first-order valence-electron chi connectivity index (χ1n) is 6.15. The maximum absolute atomic E-state index is 10.8. The van der Waals surface area contributed by atoms with Crippen LogP contribution in [0.25, 0.3) is 0 Å². The summed E-state index contributed by atoms with van der Waals surface area (Å²) < 4.78 is 5.16. The fourth-order valence-corrected chi connectivity index (χ4v) is 2.18. The Labute approximate surface area is 137 Å². The van der Waals surface area contributed by atoms with Crippen LogP contribution in [0.4, 0.5) is 17.1 Å². The van der Waals surface area contributed by atoms with Gasteiger partial charge < -0.3 is 15.4 Å². The van der Waals surface area contributed by atoms with Crippen molar-refractivity contribution in [3.05, 3.63) is 57.6 Å². The molecule has 0 bridgehead atoms. The van der Waals surface area contributed by atoms with E-state index in [1.807, 2.05) is 0 Å². The highest BCUT2D eigenvalue weighted by Gasteiger charge is 2.12. The number of thiocarbonyl (C=S) groups is 1. The number of nitrogens with one attached hydrogen (secondary N) is 2. The highest BCUT2D eigenvalue weighted by atomic mass is 35.5. The predicted molar refractivity (Wildman–Crippen MR) is 90.9 cm³/mol. The predicted octanol–water partition coefficient (Wildman–Crippen LogP) is 4.07. The van der Waals surface area contributed by atoms with E-state index >= 15 is 0 Å². The number of methoxy groups -OCH3 is 1. The molecule has 114 valence electrons. The second-order valence-electron chi connectivity index (χ2n) is 4.23. The number of non-ortho nitro benzene ring substituents is 1. The van der Waals surface area contributed by atoms with Crippen LogP contribution in [0.2, 0.25) is 5.02 Å². The quantitative estimate of drug-likeness (QED) is 0.497. The largest absolute Gasteiger partial charge is 0.495 e. The third-order valence-corrected chi connectivity index (χ3v) is 3.16. The third-order valence-electron chi connectivity index (χ3n) is 2.72. The molecule has 2 N–H and O–H groups in total. The molecule has 2 aromatic carbocycles. The molecule has 0 radical (unpaired) electrons. The van der Waals surface area contributed by atoms with E-state index in [2.05, 4.69) is 10.6 Å². The summed E-state index contributed by atoms with van der Waals surface area (Å²) >= 11 is 11.1. The zero-order valence-electron chi connectivity index (χ0n) is 11.5. The minimum atomic E-state index is -0.488. The summed E-state index contributed by atoms with van der Waals surface area (Å²) in [4.78, 5) is 10.4. The number of hydrogen-bond acceptors (Lipinski definition) is 4. The van der Waals surface area contributed by atoms with Gasteiger partial charge in [0.1, 0.15) is 5.75 Å². The number of nitrogens with zero attached hydrogens (tertiary/aromatic N) is 1. The van der Waals surface area contributed by atoms with E-state index in [4.69, 9.17) is 28.6 Å². The van der Waals surface area contributed by atoms with E-state index in [9.17, 15) is 10.1 Å². The molecule has 0 saturated carbocycles. The molecule has 0 atom stereocenters. The molecule has 0 aliphatic rings. The van der Waals surface area contributed by atoms with E-state index in [0.29, 0.717) is 22.1 Å². The zero-order valence-corrected chi connectivity index (χ0v) is 13.1. The monoisotopic (exact) mass is 337 g/mol. The lowest BCUT2D eigenvalue weighted by Gasteiger charge is -2.13. The Morgan fingerprint density at radius 3 is 2.68 bits per heavy atom. The third kappa shape index (κ3) is 4.06. The van der Waals surface area contributed by atoms with Gasteiger partial charge in [-0.15, -0.1) is 0 Å². The average Bonchev–Trinajstić information content (AvgIpc) is 2.47. The van der Waals surface area contributed by atoms with E-state index < -0.39 is 4.92 Å². The Hall–Kier alpha value is -2.38. The summed E-state index contributed by atoms with van der Waals surface area (Å²) in [5.41, 5.74) is 1.04. The molecular formula is C14H12ClN3O3S. The van der Waals surface area contributed by atoms with Crippen molar-refractivity contribution in [2.45, 2.75) is 0 Å². The first-order valence-corrected chi connectivity index (χ1v) is 6.94. The van der Waals surface area contributed by atoms with E-state index in [-0.39, 0.29) is 10.8 Å². The smallest absolute Gasteiger partial charge is 0.271 e. The van der Waals surface area contributed by atoms with Crippen LogP contribution in [0.15, 0.2) is 42.5 Å². The highest BCUT2D eigenvalue weighted by molar-refractivity contribution is 7.80. The molecule has 2 aromatic rings. The van der Waals surface area contributed by atoms with Crippen LogP contribution in [-0.2, 0) is 0 Å². The van der Waals surface area contributed by atoms with Crippen LogP contribution in [0.3, 0.4) is 0 Å². The van der Waals surface area contributed by atoms with Crippen molar-refractivity contribution in [1.29, 1.82) is 0 Å². The molecule has 0 aliphatic heterocycles. The van der Waals surface area contributed by atoms with Crippen molar-refractivity contribution in [3.63, 3.8) is 0 Å². The van der Waals surface area contributed by atoms with Gasteiger partial charge in [-0.3, -0.25) is 10.1 Å². The second-order valence-corrected chi connectivity index (χ2v) is 5.08. The zero-order chi connectivity index (χ0) is 16.1. The maximum atomic E-state index is 10.8. The molecule has 8 heteroatoms. The van der Waals surface area contributed by atoms with Gasteiger partial charge in [-0.1, -0.05) is 17.7 Å². The maximum Gasteiger partial charge on any atom is 0.271 e. The summed E-state index contributed by atoms with van der Waals surface area (Å²) in [7, 11) is 1.47. The molecule has 0 aliphatic carbocycles. The fraction of sp³-hybridized carbons (Fsp3) is 0.0714. The molecule has 0 spiro atoms. The van der Waals surface area contributed by atoms with Gasteiger partial charge in [-0.05, 0) is 36.5 Å². The number of benzene rings is 2. The van der Waals surface area contributed by atoms with Crippen LogP contribution in [0.1, 0.15) is 0 Å². The second kappa shape index (κ2) is 7.06. The van der Waals surface area contributed by atoms with Gasteiger partial charge >= 0.3 is 0 Å². The summed E-state index contributed by atoms with van der Waals surface area (Å²) in [5, 5.41) is 17.5. The van der Waals surface area contributed by atoms with Crippen LogP contribution in [0, 0.1) is 10.1 Å². The Balaban J connectivity index is 2.16. The highest BCUT2D eigenvalue weighted by Crippen LogP contribution is 2.29. The van der Waals surface area contributed by atoms with Crippen LogP contribution in [-0.4, -0.2) is 17.1 Å². The molecule has 6 nitrogen and oxygen atoms in total. The lowest BCUT2D eigenvalue weighted by Crippen LogP contribution is -2.19. The van der Waals surface area contributed by atoms with Crippen molar-refractivity contribution < 1.29 is 9.66 Å². The molecule has 0 unspecified atom stereocenters. The number of nitro groups is 1. The number of rotatable bonds is 4. The minimum Gasteiger partial charge on any atom is -0.495 e. The lowest BCUT2D eigenvalue weighted by molar-refractivity contribution is -0.384. The Kier molecular flexibility index (Phi) is 5.13. The number of ether oxygens (including phenoxy) is 1. The first kappa shape index (κ1) is 16.0. The SMILES string of the molecule is COc1ccc([N+](=O)[O-])cc1NC(=S)Nc1cccc(Cl)c1. The summed E-state index contributed by atoms with van der Waals surface area (Å²) in [6, 6.07) is 11.2. The van der Waals surface area contributed by atoms with Crippen molar-refractivity contribution in [2.75, 3.05) is 17.7 Å². The van der Waals surface area contributed by atoms with Gasteiger partial charge in [0.05, 0.1) is 17.7 Å². The van der Waals surface area contributed by atoms with Gasteiger partial charge in [-0.2, -0.15) is 0 Å². The molecule has 0 heterocycles. The Bertz CT molecular complexity index is 724. The Morgan fingerprint density at radius 1 is 1.27 bits per heavy atom. The molecule has 22 heavy (non-hydrogen) atoms. The van der Waals surface area contributed by atoms with Gasteiger partial charge in [0, 0.05) is 22.8 Å². The molecule has 0 aromatic heterocycles. The van der Waals surface area contributed by atoms with E-state index in [1.165, 1.54) is 25.3 Å². The van der Waals surface area contributed by atoms with Gasteiger partial charge in [-0.25, -0.2) is 0 Å². The van der Waals surface area contributed by atoms with Crippen LogP contribution in [0.5, 0.6) is 5.75 Å². The molecule has 0 saturated heterocycles. The minimum absolute atomic E-state index is 0.0612. The summed E-state index contributed by atoms with van der Waals surface area (Å²) in [6.45, 7) is 0. The molecule has 0 amide bonds. The lowest BCUT2D eigenvalue weighted by atomic mass is 10.2. The van der Waals surface area contributed by atoms with Crippen molar-refractivity contribution in [3.8, 4) is 5.75 Å². The number of nitro benzene ring substituents is 1. The fourth-order valence-electron chi connectivity index (χ4n) is 1.76. The number of halogens is 1. The summed E-state index contributed by atoms with van der Waals surface area (Å²) in [6.07, 6.45) is 0. The molecule has 0 fully saturated rings. The van der Waals surface area contributed by atoms with Crippen molar-refractivity contribution in [1.82, 2.24) is 0 Å². The van der Waals surface area contributed by atoms with Gasteiger partial charge in [0.15, 0.2) is 5.11 Å². The first-order chi connectivity index (χ1) is 10.5. The van der Waals surface area contributed by atoms with E-state index in [0.717, 1.165) is 0 Å². The van der Waals surface area contributed by atoms with E-state index in [1.54, 1.807) is 24.3 Å². The average molecular weight is 338 g/mol. The van der Waals surface area contributed by atoms with Crippen molar-refractivity contribution in [2.24, 2.45) is 0 Å². The number of anilines is 2. The summed E-state index contributed by atoms with van der Waals surface area (Å²) in [5.74, 6) is 0.445. The normalized spacial score (nSPS) is 9.91. The van der Waals surface area contributed by atoms with Gasteiger partial charge in [0.2, 0.25) is 0 Å². The van der Waals surface area contributed by atoms with Crippen LogP contribution >= 0.6 is 23.8 Å². The molecular weight excluding hydrogens is 326 g/mol. The Morgan fingerprint density at radius 2 is 2.05 bits per heavy atom. The topological polar surface area (TPSA) is 76.4 Å². The number of hydrogen-bond donors (Lipinski definition) is 2. The molecule has 2 rings (SSSR count). The van der Waals surface area contributed by atoms with Crippen LogP contribution < -0.4 is 15.4 Å². The van der Waals surface area contributed by atoms with Gasteiger partial charge in [0.25, 0.3) is 5.69 Å². The standard InChI is InChI=1S/C14H12ClN3O3S/c1-21-13-6-5-11(18(19)20)8-12(13)17-14(22)16-10-4-2-3-9(15)7-10/h2-8H,1H3,(H2,16,17,22).